The van der Waals surface area contributed by atoms with Gasteiger partial charge in [0.1, 0.15) is 5.69 Å². The highest BCUT2D eigenvalue weighted by molar-refractivity contribution is 5.54. The van der Waals surface area contributed by atoms with E-state index in [-0.39, 0.29) is 5.69 Å². The van der Waals surface area contributed by atoms with Crippen LogP contribution in [0.2, 0.25) is 0 Å². The quantitative estimate of drug-likeness (QED) is 0.615. The Bertz CT molecular complexity index is 544. The normalized spacial score (nSPS) is 19.4. The van der Waals surface area contributed by atoms with Crippen molar-refractivity contribution < 1.29 is 23.2 Å². The van der Waals surface area contributed by atoms with E-state index >= 15 is 0 Å². The molecule has 23 heavy (non-hydrogen) atoms. The van der Waals surface area contributed by atoms with Gasteiger partial charge < -0.3 is 14.4 Å². The number of nitro groups is 1. The summed E-state index contributed by atoms with van der Waals surface area (Å²) in [6.45, 7) is 5.79. The Morgan fingerprint density at radius 2 is 1.61 bits per heavy atom. The molecule has 128 valence electrons. The van der Waals surface area contributed by atoms with Crippen molar-refractivity contribution in [3.05, 3.63) is 33.9 Å². The van der Waals surface area contributed by atoms with Gasteiger partial charge in [0.15, 0.2) is 17.4 Å². The summed E-state index contributed by atoms with van der Waals surface area (Å²) in [5.74, 6) is -2.48. The molecule has 0 unspecified atom stereocenters. The molecular weight excluding hydrogens is 310 g/mol. The van der Waals surface area contributed by atoms with Crippen LogP contribution in [0.1, 0.15) is 26.7 Å². The second kappa shape index (κ2) is 7.18. The molecule has 2 heterocycles. The van der Waals surface area contributed by atoms with Gasteiger partial charge in [0, 0.05) is 25.9 Å². The minimum atomic E-state index is -0.925. The molecule has 0 atom stereocenters. The van der Waals surface area contributed by atoms with E-state index in [1.807, 2.05) is 13.8 Å². The number of benzene rings is 1. The molecule has 1 aromatic rings. The van der Waals surface area contributed by atoms with Gasteiger partial charge in [0.2, 0.25) is 0 Å². The minimum absolute atomic E-state index is 0.228. The number of anilines is 1. The maximum atomic E-state index is 14.0. The molecule has 6 nitrogen and oxygen atoms in total. The molecule has 1 aromatic carbocycles. The first kappa shape index (κ1) is 17.6. The zero-order valence-corrected chi connectivity index (χ0v) is 13.2. The van der Waals surface area contributed by atoms with E-state index in [0.717, 1.165) is 12.1 Å². The van der Waals surface area contributed by atoms with Gasteiger partial charge in [-0.3, -0.25) is 10.1 Å². The van der Waals surface area contributed by atoms with Crippen molar-refractivity contribution in [3.63, 3.8) is 0 Å². The van der Waals surface area contributed by atoms with Gasteiger partial charge in [-0.2, -0.15) is 0 Å². The summed E-state index contributed by atoms with van der Waals surface area (Å²) < 4.78 is 39.1. The standard InChI is InChI=1S/C13H14F2N2O4.C2H6/c14-10-7-9(17(18)19)8-11(15)12(10)16-3-1-13(2-4-16)20-5-6-21-13;1-2/h7-8H,1-6H2;1-2H3. The summed E-state index contributed by atoms with van der Waals surface area (Å²) in [6.07, 6.45) is 1.01. The third-order valence-electron chi connectivity index (χ3n) is 3.87. The van der Waals surface area contributed by atoms with Crippen LogP contribution in [0.5, 0.6) is 0 Å². The van der Waals surface area contributed by atoms with Crippen LogP contribution in [0.25, 0.3) is 0 Å². The molecule has 0 aliphatic carbocycles. The Labute approximate surface area is 133 Å². The lowest BCUT2D eigenvalue weighted by Crippen LogP contribution is -2.45. The van der Waals surface area contributed by atoms with E-state index in [1.165, 1.54) is 4.90 Å². The Hall–Kier alpha value is -1.80. The predicted molar refractivity (Wildman–Crippen MR) is 80.4 cm³/mol. The monoisotopic (exact) mass is 330 g/mol. The van der Waals surface area contributed by atoms with E-state index in [4.69, 9.17) is 9.47 Å². The first-order chi connectivity index (χ1) is 11.0. The van der Waals surface area contributed by atoms with E-state index < -0.39 is 28.0 Å². The summed E-state index contributed by atoms with van der Waals surface area (Å²) in [6, 6.07) is 1.48. The number of nitro benzene ring substituents is 1. The lowest BCUT2D eigenvalue weighted by molar-refractivity contribution is -0.385. The molecule has 8 heteroatoms. The number of halogens is 2. The summed E-state index contributed by atoms with van der Waals surface area (Å²) in [5.41, 5.74) is -0.821. The molecule has 1 spiro atoms. The lowest BCUT2D eigenvalue weighted by Gasteiger charge is -2.38. The van der Waals surface area contributed by atoms with E-state index in [9.17, 15) is 18.9 Å². The smallest absolute Gasteiger partial charge is 0.275 e. The van der Waals surface area contributed by atoms with Gasteiger partial charge in [-0.25, -0.2) is 8.78 Å². The second-order valence-corrected chi connectivity index (χ2v) is 5.11. The van der Waals surface area contributed by atoms with Crippen LogP contribution in [0.3, 0.4) is 0 Å². The zero-order chi connectivity index (χ0) is 17.0. The summed E-state index contributed by atoms with van der Waals surface area (Å²) >= 11 is 0. The maximum Gasteiger partial charge on any atom is 0.275 e. The van der Waals surface area contributed by atoms with Crippen molar-refractivity contribution in [3.8, 4) is 0 Å². The maximum absolute atomic E-state index is 14.0. The summed E-state index contributed by atoms with van der Waals surface area (Å²) in [5, 5.41) is 10.6. The third-order valence-corrected chi connectivity index (χ3v) is 3.87. The SMILES string of the molecule is CC.O=[N+]([O-])c1cc(F)c(N2CCC3(CC2)OCCO3)c(F)c1. The molecule has 2 aliphatic rings. The van der Waals surface area contributed by atoms with Crippen LogP contribution in [-0.4, -0.2) is 37.0 Å². The number of ether oxygens (including phenoxy) is 2. The van der Waals surface area contributed by atoms with Gasteiger partial charge in [-0.15, -0.1) is 0 Å². The van der Waals surface area contributed by atoms with E-state index in [2.05, 4.69) is 0 Å². The van der Waals surface area contributed by atoms with Crippen LogP contribution >= 0.6 is 0 Å². The molecule has 0 saturated carbocycles. The predicted octanol–water partition coefficient (Wildman–Crippen LogP) is 3.24. The fourth-order valence-corrected chi connectivity index (χ4v) is 2.82. The van der Waals surface area contributed by atoms with Crippen molar-refractivity contribution >= 4 is 11.4 Å². The molecule has 2 aliphatic heterocycles. The van der Waals surface area contributed by atoms with Crippen LogP contribution in [0.4, 0.5) is 20.2 Å². The average molecular weight is 330 g/mol. The highest BCUT2D eigenvalue weighted by atomic mass is 19.1. The zero-order valence-electron chi connectivity index (χ0n) is 13.2. The molecule has 0 radical (unpaired) electrons. The number of hydrogen-bond donors (Lipinski definition) is 0. The first-order valence-electron chi connectivity index (χ1n) is 7.67. The highest BCUT2D eigenvalue weighted by Crippen LogP contribution is 2.35. The Kier molecular flexibility index (Phi) is 5.48. The number of rotatable bonds is 2. The fraction of sp³-hybridized carbons (Fsp3) is 0.600. The van der Waals surface area contributed by atoms with Gasteiger partial charge >= 0.3 is 0 Å². The van der Waals surface area contributed by atoms with Crippen LogP contribution in [0, 0.1) is 21.7 Å². The number of piperidine rings is 1. The van der Waals surface area contributed by atoms with Crippen molar-refractivity contribution in [1.29, 1.82) is 0 Å². The molecule has 3 rings (SSSR count). The second-order valence-electron chi connectivity index (χ2n) is 5.11. The van der Waals surface area contributed by atoms with Gasteiger partial charge in [-0.1, -0.05) is 13.8 Å². The summed E-state index contributed by atoms with van der Waals surface area (Å²) in [4.78, 5) is 11.3. The molecule has 0 bridgehead atoms. The molecule has 0 aromatic heterocycles. The van der Waals surface area contributed by atoms with Crippen LogP contribution < -0.4 is 4.90 Å². The van der Waals surface area contributed by atoms with E-state index in [0.29, 0.717) is 39.1 Å². The van der Waals surface area contributed by atoms with Crippen LogP contribution in [-0.2, 0) is 9.47 Å². The third kappa shape index (κ3) is 3.59. The van der Waals surface area contributed by atoms with Crippen molar-refractivity contribution in [2.45, 2.75) is 32.5 Å². The van der Waals surface area contributed by atoms with Gasteiger partial charge in [-0.05, 0) is 0 Å². The van der Waals surface area contributed by atoms with Gasteiger partial charge in [0.25, 0.3) is 5.69 Å². The molecule has 2 fully saturated rings. The fourth-order valence-electron chi connectivity index (χ4n) is 2.82. The van der Waals surface area contributed by atoms with Crippen molar-refractivity contribution in [2.75, 3.05) is 31.2 Å². The first-order valence-corrected chi connectivity index (χ1v) is 7.67. The topological polar surface area (TPSA) is 64.8 Å². The minimum Gasteiger partial charge on any atom is -0.366 e. The average Bonchev–Trinajstić information content (AvgIpc) is 2.99. The van der Waals surface area contributed by atoms with Gasteiger partial charge in [0.05, 0.1) is 30.3 Å². The molecule has 0 amide bonds. The largest absolute Gasteiger partial charge is 0.366 e. The highest BCUT2D eigenvalue weighted by Gasteiger charge is 2.40. The van der Waals surface area contributed by atoms with Crippen molar-refractivity contribution in [2.24, 2.45) is 0 Å². The van der Waals surface area contributed by atoms with Crippen molar-refractivity contribution in [1.82, 2.24) is 0 Å². The number of hydrogen-bond acceptors (Lipinski definition) is 5. The molecule has 2 saturated heterocycles. The summed E-state index contributed by atoms with van der Waals surface area (Å²) in [7, 11) is 0. The number of non-ortho nitro benzene ring substituents is 1. The Balaban J connectivity index is 0.000000924. The molecular formula is C15H20F2N2O4. The molecule has 0 N–H and O–H groups in total. The lowest BCUT2D eigenvalue weighted by atomic mass is 10.0. The Morgan fingerprint density at radius 1 is 1.13 bits per heavy atom. The Morgan fingerprint density at radius 3 is 2.04 bits per heavy atom. The number of nitrogens with zero attached hydrogens (tertiary/aromatic N) is 2. The van der Waals surface area contributed by atoms with E-state index in [1.54, 1.807) is 0 Å². The van der Waals surface area contributed by atoms with Crippen LogP contribution in [0.15, 0.2) is 12.1 Å².